The van der Waals surface area contributed by atoms with Crippen molar-refractivity contribution < 1.29 is 32.4 Å². The van der Waals surface area contributed by atoms with Crippen molar-refractivity contribution in [2.75, 3.05) is 21.3 Å². The average Bonchev–Trinajstić information content (AvgIpc) is 2.71. The molecule has 0 fully saturated rings. The zero-order valence-electron chi connectivity index (χ0n) is 16.4. The van der Waals surface area contributed by atoms with Crippen LogP contribution in [0.25, 0.3) is 0 Å². The Bertz CT molecular complexity index is 843. The van der Waals surface area contributed by atoms with Crippen molar-refractivity contribution in [3.8, 4) is 0 Å². The van der Waals surface area contributed by atoms with E-state index in [0.717, 1.165) is 17.1 Å². The number of ether oxygens (including phenoxy) is 1. The summed E-state index contributed by atoms with van der Waals surface area (Å²) in [5.74, 6) is -2.77. The summed E-state index contributed by atoms with van der Waals surface area (Å²) in [6, 6.07) is 9.15. The Morgan fingerprint density at radius 2 is 1.69 bits per heavy atom. The minimum Gasteiger partial charge on any atom is -0.467 e. The summed E-state index contributed by atoms with van der Waals surface area (Å²) in [5.41, 5.74) is 1.59. The van der Waals surface area contributed by atoms with Gasteiger partial charge >= 0.3 is 13.1 Å². The van der Waals surface area contributed by atoms with Gasteiger partial charge in [-0.3, -0.25) is 4.79 Å². The maximum Gasteiger partial charge on any atom is 0.493 e. The van der Waals surface area contributed by atoms with Crippen LogP contribution >= 0.6 is 0 Å². The second-order valence-electron chi connectivity index (χ2n) is 6.30. The summed E-state index contributed by atoms with van der Waals surface area (Å²) in [4.78, 5) is 24.4. The number of methoxy groups -OCH3 is 1. The monoisotopic (exact) mass is 405 g/mol. The van der Waals surface area contributed by atoms with Crippen LogP contribution in [0.3, 0.4) is 0 Å². The molecular formula is C20H22BF2NO5. The van der Waals surface area contributed by atoms with Gasteiger partial charge in [0.05, 0.1) is 13.5 Å². The van der Waals surface area contributed by atoms with E-state index in [0.29, 0.717) is 6.07 Å². The van der Waals surface area contributed by atoms with Crippen LogP contribution in [0.15, 0.2) is 42.5 Å². The van der Waals surface area contributed by atoms with E-state index in [4.69, 9.17) is 14.0 Å². The molecule has 0 unspecified atom stereocenters. The van der Waals surface area contributed by atoms with E-state index in [1.165, 1.54) is 27.4 Å². The van der Waals surface area contributed by atoms with Crippen LogP contribution in [-0.2, 0) is 36.5 Å². The molecule has 0 saturated carbocycles. The largest absolute Gasteiger partial charge is 0.493 e. The van der Waals surface area contributed by atoms with Crippen molar-refractivity contribution in [3.05, 3.63) is 65.2 Å². The van der Waals surface area contributed by atoms with Crippen LogP contribution < -0.4 is 10.8 Å². The molecule has 0 aliphatic heterocycles. The second-order valence-corrected chi connectivity index (χ2v) is 6.30. The van der Waals surface area contributed by atoms with Crippen molar-refractivity contribution in [2.24, 2.45) is 0 Å². The van der Waals surface area contributed by atoms with E-state index in [2.05, 4.69) is 5.32 Å². The first-order valence-corrected chi connectivity index (χ1v) is 8.83. The van der Waals surface area contributed by atoms with Gasteiger partial charge in [-0.2, -0.15) is 0 Å². The van der Waals surface area contributed by atoms with E-state index in [9.17, 15) is 18.4 Å². The lowest BCUT2D eigenvalue weighted by Gasteiger charge is -2.17. The molecule has 0 radical (unpaired) electrons. The fourth-order valence-corrected chi connectivity index (χ4v) is 2.83. The minimum atomic E-state index is -0.956. The number of hydrogen-bond donors (Lipinski definition) is 1. The predicted octanol–water partition coefficient (Wildman–Crippen LogP) is 1.40. The summed E-state index contributed by atoms with van der Waals surface area (Å²) in [6.07, 6.45) is -0.156. The first-order valence-electron chi connectivity index (χ1n) is 8.83. The van der Waals surface area contributed by atoms with Gasteiger partial charge in [-0.1, -0.05) is 30.3 Å². The van der Waals surface area contributed by atoms with Gasteiger partial charge in [-0.05, 0) is 22.7 Å². The number of rotatable bonds is 9. The van der Waals surface area contributed by atoms with Gasteiger partial charge in [0.15, 0.2) is 0 Å². The molecule has 0 spiro atoms. The molecule has 0 bridgehead atoms. The van der Waals surface area contributed by atoms with Crippen molar-refractivity contribution in [2.45, 2.75) is 18.9 Å². The second kappa shape index (κ2) is 10.7. The number of hydrogen-bond acceptors (Lipinski definition) is 5. The Kier molecular flexibility index (Phi) is 8.29. The molecule has 1 amide bonds. The van der Waals surface area contributed by atoms with Crippen molar-refractivity contribution in [3.63, 3.8) is 0 Å². The molecule has 2 rings (SSSR count). The molecule has 0 saturated heterocycles. The summed E-state index contributed by atoms with van der Waals surface area (Å²) in [6.45, 7) is 0. The SMILES string of the molecule is COB(OC)c1ccc(C[C@@H](NC(=O)Cc2ccc(F)cc2F)C(=O)OC)cc1. The van der Waals surface area contributed by atoms with Crippen LogP contribution in [0.1, 0.15) is 11.1 Å². The summed E-state index contributed by atoms with van der Waals surface area (Å²) < 4.78 is 41.9. The highest BCUT2D eigenvalue weighted by Crippen LogP contribution is 2.11. The lowest BCUT2D eigenvalue weighted by atomic mass is 9.78. The Morgan fingerprint density at radius 3 is 2.24 bits per heavy atom. The summed E-state index contributed by atoms with van der Waals surface area (Å²) in [5, 5.41) is 2.54. The summed E-state index contributed by atoms with van der Waals surface area (Å²) in [7, 11) is 3.75. The van der Waals surface area contributed by atoms with Gasteiger partial charge in [-0.25, -0.2) is 13.6 Å². The lowest BCUT2D eigenvalue weighted by molar-refractivity contribution is -0.145. The Morgan fingerprint density at radius 1 is 1.03 bits per heavy atom. The van der Waals surface area contributed by atoms with Crippen LogP contribution in [0.5, 0.6) is 0 Å². The zero-order chi connectivity index (χ0) is 21.4. The highest BCUT2D eigenvalue weighted by Gasteiger charge is 2.23. The molecule has 2 aromatic carbocycles. The number of halogens is 2. The molecule has 2 aromatic rings. The van der Waals surface area contributed by atoms with Crippen LogP contribution in [0.2, 0.25) is 0 Å². The van der Waals surface area contributed by atoms with Crippen molar-refractivity contribution in [1.29, 1.82) is 0 Å². The van der Waals surface area contributed by atoms with Gasteiger partial charge < -0.3 is 19.4 Å². The third kappa shape index (κ3) is 6.37. The summed E-state index contributed by atoms with van der Waals surface area (Å²) >= 11 is 0. The molecule has 0 heterocycles. The smallest absolute Gasteiger partial charge is 0.467 e. The topological polar surface area (TPSA) is 73.9 Å². The van der Waals surface area contributed by atoms with Crippen LogP contribution in [0.4, 0.5) is 8.78 Å². The lowest BCUT2D eigenvalue weighted by Crippen LogP contribution is -2.43. The fourth-order valence-electron chi connectivity index (χ4n) is 2.83. The number of carbonyl (C=O) groups is 2. The zero-order valence-corrected chi connectivity index (χ0v) is 16.4. The van der Waals surface area contributed by atoms with E-state index in [1.807, 2.05) is 0 Å². The maximum absolute atomic E-state index is 13.7. The third-order valence-corrected chi connectivity index (χ3v) is 4.31. The van der Waals surface area contributed by atoms with E-state index in [-0.39, 0.29) is 18.4 Å². The van der Waals surface area contributed by atoms with Gasteiger partial charge in [0, 0.05) is 26.7 Å². The minimum absolute atomic E-state index is 0.0297. The molecule has 1 atom stereocenters. The quantitative estimate of drug-likeness (QED) is 0.505. The van der Waals surface area contributed by atoms with Gasteiger partial charge in [0.1, 0.15) is 17.7 Å². The van der Waals surface area contributed by atoms with Gasteiger partial charge in [0.25, 0.3) is 0 Å². The number of amides is 1. The highest BCUT2D eigenvalue weighted by molar-refractivity contribution is 6.61. The molecule has 9 heteroatoms. The predicted molar refractivity (Wildman–Crippen MR) is 104 cm³/mol. The van der Waals surface area contributed by atoms with Gasteiger partial charge in [0.2, 0.25) is 5.91 Å². The molecule has 6 nitrogen and oxygen atoms in total. The standard InChI is InChI=1S/C20H22BF2NO5/c1-27-20(26)18(10-13-4-7-15(8-5-13)21(28-2)29-3)24-19(25)11-14-6-9-16(22)12-17(14)23/h4-9,12,18H,10-11H2,1-3H3,(H,24,25)/t18-/m1/s1. The van der Waals surface area contributed by atoms with Crippen LogP contribution in [0, 0.1) is 11.6 Å². The van der Waals surface area contributed by atoms with Crippen molar-refractivity contribution in [1.82, 2.24) is 5.32 Å². The first kappa shape index (κ1) is 22.5. The number of esters is 1. The molecular weight excluding hydrogens is 383 g/mol. The Balaban J connectivity index is 2.07. The van der Waals surface area contributed by atoms with Crippen molar-refractivity contribution >= 4 is 24.5 Å². The molecule has 1 N–H and O–H groups in total. The molecule has 0 aromatic heterocycles. The third-order valence-electron chi connectivity index (χ3n) is 4.31. The van der Waals surface area contributed by atoms with Crippen LogP contribution in [-0.4, -0.2) is 46.4 Å². The Hall–Kier alpha value is -2.78. The maximum atomic E-state index is 13.7. The molecule has 154 valence electrons. The number of nitrogens with one attached hydrogen (secondary N) is 1. The highest BCUT2D eigenvalue weighted by atomic mass is 19.1. The fraction of sp³-hybridized carbons (Fsp3) is 0.300. The molecule has 0 aliphatic carbocycles. The number of benzene rings is 2. The average molecular weight is 405 g/mol. The number of carbonyl (C=O) groups excluding carboxylic acids is 2. The Labute approximate surface area is 168 Å². The normalized spacial score (nSPS) is 11.6. The van der Waals surface area contributed by atoms with E-state index >= 15 is 0 Å². The van der Waals surface area contributed by atoms with E-state index in [1.54, 1.807) is 24.3 Å². The molecule has 29 heavy (non-hydrogen) atoms. The van der Waals surface area contributed by atoms with Gasteiger partial charge in [-0.15, -0.1) is 0 Å². The first-order chi connectivity index (χ1) is 13.9. The molecule has 0 aliphatic rings. The van der Waals surface area contributed by atoms with E-state index < -0.39 is 36.7 Å².